The molecule has 3 N–H and O–H groups in total. The van der Waals surface area contributed by atoms with E-state index in [1.54, 1.807) is 6.92 Å². The van der Waals surface area contributed by atoms with Crippen molar-refractivity contribution in [1.82, 2.24) is 10.6 Å². The van der Waals surface area contributed by atoms with Crippen LogP contribution >= 0.6 is 0 Å². The number of esters is 1. The molecule has 4 atom stereocenters. The van der Waals surface area contributed by atoms with Crippen LogP contribution in [0.25, 0.3) is 0 Å². The molecule has 0 aromatic heterocycles. The summed E-state index contributed by atoms with van der Waals surface area (Å²) in [5.74, 6) is -0.351. The largest absolute Gasteiger partial charge is 0.463 e. The molecule has 130 valence electrons. The molecule has 1 saturated heterocycles. The van der Waals surface area contributed by atoms with Gasteiger partial charge in [-0.15, -0.1) is 0 Å². The van der Waals surface area contributed by atoms with Crippen molar-refractivity contribution in [3.8, 4) is 0 Å². The second kappa shape index (κ2) is 7.79. The van der Waals surface area contributed by atoms with E-state index in [0.717, 1.165) is 13.1 Å². The average molecular weight is 326 g/mol. The normalized spacial score (nSPS) is 31.4. The maximum Gasteiger partial charge on any atom is 0.338 e. The molecule has 0 spiro atoms. The minimum atomic E-state index is -0.351. The molecule has 7 heteroatoms. The van der Waals surface area contributed by atoms with Crippen LogP contribution in [0, 0.1) is 0 Å². The number of ether oxygens (including phenoxy) is 2. The van der Waals surface area contributed by atoms with E-state index in [2.05, 4.69) is 10.6 Å². The van der Waals surface area contributed by atoms with Crippen molar-refractivity contribution >= 4 is 12.0 Å². The number of hydrogen-bond donors (Lipinski definition) is 3. The third kappa shape index (κ3) is 4.45. The number of nitrogens with one attached hydrogen (secondary N) is 3. The molecule has 2 amide bonds. The standard InChI is InChI=1S/C16H27N3O4/c1-5-12-14(15(20)22-6-2)13(18-16(21)17-12)9-19-7-10(3)23-11(4)8-19/h10-12H,5-9H2,1-4H3,(H2,17,18,21)/p+1/t10-,11+,12-/m1/s1. The van der Waals surface area contributed by atoms with Gasteiger partial charge >= 0.3 is 12.0 Å². The van der Waals surface area contributed by atoms with Crippen LogP contribution in [0.1, 0.15) is 34.1 Å². The highest BCUT2D eigenvalue weighted by Gasteiger charge is 2.34. The zero-order valence-electron chi connectivity index (χ0n) is 14.4. The smallest absolute Gasteiger partial charge is 0.338 e. The first-order chi connectivity index (χ1) is 10.9. The molecule has 2 aliphatic rings. The van der Waals surface area contributed by atoms with Crippen LogP contribution in [0.15, 0.2) is 11.3 Å². The highest BCUT2D eigenvalue weighted by Crippen LogP contribution is 2.16. The Bertz CT molecular complexity index is 482. The minimum Gasteiger partial charge on any atom is -0.463 e. The highest BCUT2D eigenvalue weighted by atomic mass is 16.5. The van der Waals surface area contributed by atoms with E-state index < -0.39 is 0 Å². The van der Waals surface area contributed by atoms with Gasteiger partial charge in [0.2, 0.25) is 0 Å². The summed E-state index contributed by atoms with van der Waals surface area (Å²) in [4.78, 5) is 25.5. The van der Waals surface area contributed by atoms with Crippen LogP contribution in [0.3, 0.4) is 0 Å². The Morgan fingerprint density at radius 3 is 2.52 bits per heavy atom. The van der Waals surface area contributed by atoms with Gasteiger partial charge < -0.3 is 25.0 Å². The third-order valence-corrected chi connectivity index (χ3v) is 4.19. The Hall–Kier alpha value is -1.60. The number of hydrogen-bond acceptors (Lipinski definition) is 4. The van der Waals surface area contributed by atoms with Gasteiger partial charge in [-0.2, -0.15) is 0 Å². The van der Waals surface area contributed by atoms with Crippen LogP contribution in [0.5, 0.6) is 0 Å². The molecular weight excluding hydrogens is 298 g/mol. The van der Waals surface area contributed by atoms with E-state index in [1.807, 2.05) is 20.8 Å². The summed E-state index contributed by atoms with van der Waals surface area (Å²) in [6.07, 6.45) is 0.982. The first kappa shape index (κ1) is 17.7. The number of amides is 2. The molecule has 0 aromatic rings. The summed E-state index contributed by atoms with van der Waals surface area (Å²) in [5.41, 5.74) is 1.23. The topological polar surface area (TPSA) is 81.1 Å². The highest BCUT2D eigenvalue weighted by molar-refractivity contribution is 5.94. The molecule has 0 aliphatic carbocycles. The summed E-state index contributed by atoms with van der Waals surface area (Å²) < 4.78 is 10.9. The Morgan fingerprint density at radius 1 is 1.30 bits per heavy atom. The van der Waals surface area contributed by atoms with Crippen LogP contribution < -0.4 is 15.5 Å². The first-order valence-electron chi connectivity index (χ1n) is 8.41. The monoisotopic (exact) mass is 326 g/mol. The summed E-state index contributed by atoms with van der Waals surface area (Å²) >= 11 is 0. The van der Waals surface area contributed by atoms with Gasteiger partial charge in [-0.25, -0.2) is 9.59 Å². The molecule has 2 rings (SSSR count). The number of rotatable bonds is 5. The predicted octanol–water partition coefficient (Wildman–Crippen LogP) is -0.413. The van der Waals surface area contributed by atoms with Crippen LogP contribution in [0.2, 0.25) is 0 Å². The molecule has 1 unspecified atom stereocenters. The van der Waals surface area contributed by atoms with Gasteiger partial charge in [0.1, 0.15) is 31.8 Å². The third-order valence-electron chi connectivity index (χ3n) is 4.19. The van der Waals surface area contributed by atoms with Crippen molar-refractivity contribution < 1.29 is 24.0 Å². The van der Waals surface area contributed by atoms with Gasteiger partial charge in [0.05, 0.1) is 23.9 Å². The summed E-state index contributed by atoms with van der Waals surface area (Å²) in [6, 6.07) is -0.554. The second-order valence-corrected chi connectivity index (χ2v) is 6.26. The van der Waals surface area contributed by atoms with Gasteiger partial charge in [0.15, 0.2) is 0 Å². The van der Waals surface area contributed by atoms with Gasteiger partial charge in [-0.3, -0.25) is 0 Å². The molecule has 0 bridgehead atoms. The van der Waals surface area contributed by atoms with E-state index in [0.29, 0.717) is 30.8 Å². The molecule has 0 radical (unpaired) electrons. The number of carbonyl (C=O) groups is 2. The van der Waals surface area contributed by atoms with Crippen molar-refractivity contribution in [2.45, 2.75) is 52.4 Å². The molecule has 2 heterocycles. The number of quaternary nitrogens is 1. The number of morpholine rings is 1. The maximum absolute atomic E-state index is 12.3. The molecule has 7 nitrogen and oxygen atoms in total. The fourth-order valence-corrected chi connectivity index (χ4v) is 3.38. The molecular formula is C16H28N3O4+. The van der Waals surface area contributed by atoms with E-state index in [9.17, 15) is 9.59 Å². The van der Waals surface area contributed by atoms with Crippen LogP contribution in [-0.4, -0.2) is 56.5 Å². The fraction of sp³-hybridized carbons (Fsp3) is 0.750. The Labute approximate surface area is 137 Å². The van der Waals surface area contributed by atoms with Gasteiger partial charge in [0.25, 0.3) is 0 Å². The van der Waals surface area contributed by atoms with Crippen LogP contribution in [0.4, 0.5) is 4.79 Å². The van der Waals surface area contributed by atoms with Gasteiger partial charge in [-0.05, 0) is 27.2 Å². The Kier molecular flexibility index (Phi) is 6.01. The van der Waals surface area contributed by atoms with Crippen molar-refractivity contribution in [2.24, 2.45) is 0 Å². The van der Waals surface area contributed by atoms with E-state index in [-0.39, 0.29) is 30.3 Å². The summed E-state index contributed by atoms with van der Waals surface area (Å²) in [7, 11) is 0. The quantitative estimate of drug-likeness (QED) is 0.600. The first-order valence-corrected chi connectivity index (χ1v) is 8.41. The lowest BCUT2D eigenvalue weighted by Gasteiger charge is -2.35. The van der Waals surface area contributed by atoms with Gasteiger partial charge in [-0.1, -0.05) is 6.92 Å². The molecule has 23 heavy (non-hydrogen) atoms. The lowest BCUT2D eigenvalue weighted by molar-refractivity contribution is -0.910. The zero-order chi connectivity index (χ0) is 17.0. The van der Waals surface area contributed by atoms with E-state index in [1.165, 1.54) is 4.90 Å². The second-order valence-electron chi connectivity index (χ2n) is 6.26. The number of urea groups is 1. The van der Waals surface area contributed by atoms with Crippen molar-refractivity contribution in [2.75, 3.05) is 26.2 Å². The van der Waals surface area contributed by atoms with Gasteiger partial charge in [0, 0.05) is 0 Å². The van der Waals surface area contributed by atoms with E-state index in [4.69, 9.17) is 9.47 Å². The Balaban J connectivity index is 2.24. The molecule has 1 fully saturated rings. The SMILES string of the molecule is CCOC(=O)C1=C(C[NH+]2C[C@@H](C)O[C@@H](C)C2)NC(=O)N[C@@H]1CC. The zero-order valence-corrected chi connectivity index (χ0v) is 14.4. The summed E-state index contributed by atoms with van der Waals surface area (Å²) in [6.45, 7) is 10.4. The van der Waals surface area contributed by atoms with Crippen molar-refractivity contribution in [3.63, 3.8) is 0 Å². The van der Waals surface area contributed by atoms with E-state index >= 15 is 0 Å². The Morgan fingerprint density at radius 2 is 1.96 bits per heavy atom. The summed E-state index contributed by atoms with van der Waals surface area (Å²) in [5, 5.41) is 5.61. The lowest BCUT2D eigenvalue weighted by atomic mass is 9.99. The maximum atomic E-state index is 12.3. The average Bonchev–Trinajstić information content (AvgIpc) is 2.45. The van der Waals surface area contributed by atoms with Crippen LogP contribution in [-0.2, 0) is 14.3 Å². The lowest BCUT2D eigenvalue weighted by Crippen LogP contribution is -3.15. The van der Waals surface area contributed by atoms with Crippen molar-refractivity contribution in [1.29, 1.82) is 0 Å². The molecule has 0 aromatic carbocycles. The predicted molar refractivity (Wildman–Crippen MR) is 85.0 cm³/mol. The molecule has 2 aliphatic heterocycles. The molecule has 0 saturated carbocycles. The number of carbonyl (C=O) groups excluding carboxylic acids is 2. The van der Waals surface area contributed by atoms with Crippen molar-refractivity contribution in [3.05, 3.63) is 11.3 Å². The minimum absolute atomic E-state index is 0.166. The fourth-order valence-electron chi connectivity index (χ4n) is 3.38.